The van der Waals surface area contributed by atoms with E-state index in [1.807, 2.05) is 23.6 Å². The molecule has 5 heteroatoms. The molecule has 72 valence electrons. The molecule has 2 aromatic rings. The normalized spacial score (nSPS) is 10.1. The Bertz CT molecular complexity index is 489. The number of ether oxygens (including phenoxy) is 1. The third-order valence-electron chi connectivity index (χ3n) is 1.70. The molecule has 0 unspecified atom stereocenters. The van der Waals surface area contributed by atoms with Gasteiger partial charge in [-0.25, -0.2) is 4.98 Å². The topological polar surface area (TPSA) is 37.9 Å². The molecular formula is C9H8N2OS2. The highest BCUT2D eigenvalue weighted by atomic mass is 32.1. The van der Waals surface area contributed by atoms with Crippen molar-refractivity contribution in [1.29, 1.82) is 0 Å². The van der Waals surface area contributed by atoms with Crippen molar-refractivity contribution in [1.82, 2.24) is 9.97 Å². The highest BCUT2D eigenvalue weighted by Crippen LogP contribution is 2.24. The maximum Gasteiger partial charge on any atom is 0.273 e. The minimum atomic E-state index is 0.656. The second-order valence-electron chi connectivity index (χ2n) is 2.63. The summed E-state index contributed by atoms with van der Waals surface area (Å²) in [6.45, 7) is 0. The van der Waals surface area contributed by atoms with Gasteiger partial charge >= 0.3 is 0 Å². The number of methoxy groups -OCH3 is 1. The third kappa shape index (κ3) is 1.83. The summed E-state index contributed by atoms with van der Waals surface area (Å²) < 4.78 is 5.72. The van der Waals surface area contributed by atoms with Crippen molar-refractivity contribution in [3.05, 3.63) is 28.2 Å². The van der Waals surface area contributed by atoms with Gasteiger partial charge in [-0.2, -0.15) is 0 Å². The number of aromatic amines is 1. The van der Waals surface area contributed by atoms with Gasteiger partial charge in [0.25, 0.3) is 5.19 Å². The molecule has 14 heavy (non-hydrogen) atoms. The highest BCUT2D eigenvalue weighted by molar-refractivity contribution is 7.71. The number of H-pyrrole nitrogens is 1. The van der Waals surface area contributed by atoms with E-state index in [0.29, 0.717) is 9.83 Å². The fraction of sp³-hybridized carbons (Fsp3) is 0.111. The molecule has 0 fully saturated rings. The first-order valence-electron chi connectivity index (χ1n) is 3.99. The van der Waals surface area contributed by atoms with E-state index in [1.165, 1.54) is 11.3 Å². The molecule has 0 saturated heterocycles. The van der Waals surface area contributed by atoms with E-state index in [9.17, 15) is 0 Å². The van der Waals surface area contributed by atoms with Crippen molar-refractivity contribution in [3.8, 4) is 16.6 Å². The zero-order valence-electron chi connectivity index (χ0n) is 7.48. The largest absolute Gasteiger partial charge is 0.473 e. The summed E-state index contributed by atoms with van der Waals surface area (Å²) in [4.78, 5) is 7.32. The number of rotatable bonds is 2. The molecule has 3 nitrogen and oxygen atoms in total. The van der Waals surface area contributed by atoms with E-state index in [0.717, 1.165) is 11.4 Å². The van der Waals surface area contributed by atoms with E-state index < -0.39 is 0 Å². The first kappa shape index (κ1) is 9.36. The number of pyridine rings is 1. The van der Waals surface area contributed by atoms with Gasteiger partial charge in [0.2, 0.25) is 0 Å². The summed E-state index contributed by atoms with van der Waals surface area (Å²) in [5.74, 6) is 0. The molecule has 2 rings (SSSR count). The minimum absolute atomic E-state index is 0.656. The summed E-state index contributed by atoms with van der Waals surface area (Å²) in [5.41, 5.74) is 1.77. The molecule has 0 amide bonds. The fourth-order valence-electron chi connectivity index (χ4n) is 1.07. The molecule has 0 radical (unpaired) electrons. The Labute approximate surface area is 90.4 Å². The zero-order valence-corrected chi connectivity index (χ0v) is 9.11. The van der Waals surface area contributed by atoms with Gasteiger partial charge in [-0.05, 0) is 12.1 Å². The van der Waals surface area contributed by atoms with E-state index >= 15 is 0 Å². The van der Waals surface area contributed by atoms with Crippen LogP contribution in [0, 0.1) is 4.64 Å². The predicted octanol–water partition coefficient (Wildman–Crippen LogP) is 2.88. The standard InChI is InChI=1S/C9H8N2OS2/c1-12-9-11-7(5-14-9)6-3-2-4-8(13)10-6/h2-5H,1H3,(H,10,13). The second-order valence-corrected chi connectivity index (χ2v) is 3.89. The van der Waals surface area contributed by atoms with Crippen LogP contribution in [0.4, 0.5) is 0 Å². The van der Waals surface area contributed by atoms with E-state index in [1.54, 1.807) is 7.11 Å². The molecule has 0 aliphatic carbocycles. The average Bonchev–Trinajstić information content (AvgIpc) is 2.66. The molecule has 0 spiro atoms. The maximum atomic E-state index is 5.02. The van der Waals surface area contributed by atoms with Crippen LogP contribution >= 0.6 is 23.6 Å². The number of nitrogens with zero attached hydrogens (tertiary/aromatic N) is 1. The van der Waals surface area contributed by atoms with Crippen LogP contribution in [0.25, 0.3) is 11.4 Å². The average molecular weight is 224 g/mol. The van der Waals surface area contributed by atoms with Crippen LogP contribution in [0.5, 0.6) is 5.19 Å². The fourth-order valence-corrected chi connectivity index (χ4v) is 1.90. The Hall–Kier alpha value is -1.20. The van der Waals surface area contributed by atoms with Crippen molar-refractivity contribution in [3.63, 3.8) is 0 Å². The monoisotopic (exact) mass is 224 g/mol. The molecule has 0 atom stereocenters. The number of hydrogen-bond acceptors (Lipinski definition) is 4. The molecule has 0 bridgehead atoms. The van der Waals surface area contributed by atoms with Crippen molar-refractivity contribution < 1.29 is 4.74 Å². The Balaban J connectivity index is 2.44. The van der Waals surface area contributed by atoms with Crippen LogP contribution in [-0.4, -0.2) is 17.1 Å². The number of aromatic nitrogens is 2. The summed E-state index contributed by atoms with van der Waals surface area (Å²) in [6, 6.07) is 5.67. The maximum absolute atomic E-state index is 5.02. The van der Waals surface area contributed by atoms with Crippen molar-refractivity contribution in [2.45, 2.75) is 0 Å². The van der Waals surface area contributed by atoms with Gasteiger partial charge in [0.05, 0.1) is 12.8 Å². The molecule has 2 aromatic heterocycles. The Morgan fingerprint density at radius 3 is 3.00 bits per heavy atom. The van der Waals surface area contributed by atoms with Crippen LogP contribution in [-0.2, 0) is 0 Å². The van der Waals surface area contributed by atoms with Gasteiger partial charge in [0.15, 0.2) is 0 Å². The lowest BCUT2D eigenvalue weighted by atomic mass is 10.3. The van der Waals surface area contributed by atoms with Gasteiger partial charge in [-0.3, -0.25) is 0 Å². The summed E-state index contributed by atoms with van der Waals surface area (Å²) in [7, 11) is 1.61. The van der Waals surface area contributed by atoms with Crippen LogP contribution in [0.2, 0.25) is 0 Å². The third-order valence-corrected chi connectivity index (χ3v) is 2.74. The number of thiazole rings is 1. The lowest BCUT2D eigenvalue weighted by Gasteiger charge is -1.95. The predicted molar refractivity (Wildman–Crippen MR) is 59.3 cm³/mol. The Morgan fingerprint density at radius 2 is 2.36 bits per heavy atom. The van der Waals surface area contributed by atoms with Gasteiger partial charge in [-0.15, -0.1) is 0 Å². The van der Waals surface area contributed by atoms with Crippen LogP contribution in [0.3, 0.4) is 0 Å². The van der Waals surface area contributed by atoms with Crippen LogP contribution < -0.4 is 4.74 Å². The van der Waals surface area contributed by atoms with Gasteiger partial charge in [0, 0.05) is 5.38 Å². The SMILES string of the molecule is COc1nc(-c2cccc(=S)[nH]2)cs1. The summed E-state index contributed by atoms with van der Waals surface area (Å²) in [5, 5.41) is 2.59. The molecule has 2 heterocycles. The van der Waals surface area contributed by atoms with Gasteiger partial charge in [-0.1, -0.05) is 29.6 Å². The molecule has 0 aliphatic rings. The van der Waals surface area contributed by atoms with E-state index in [2.05, 4.69) is 9.97 Å². The first-order valence-corrected chi connectivity index (χ1v) is 5.27. The molecule has 0 saturated carbocycles. The van der Waals surface area contributed by atoms with Crippen molar-refractivity contribution >= 4 is 23.6 Å². The molecule has 0 aliphatic heterocycles. The smallest absolute Gasteiger partial charge is 0.273 e. The number of nitrogens with one attached hydrogen (secondary N) is 1. The second kappa shape index (κ2) is 3.89. The van der Waals surface area contributed by atoms with E-state index in [4.69, 9.17) is 17.0 Å². The quantitative estimate of drug-likeness (QED) is 0.797. The van der Waals surface area contributed by atoms with Crippen molar-refractivity contribution in [2.75, 3.05) is 7.11 Å². The van der Waals surface area contributed by atoms with E-state index in [-0.39, 0.29) is 0 Å². The highest BCUT2D eigenvalue weighted by Gasteiger charge is 2.03. The molecule has 0 aromatic carbocycles. The van der Waals surface area contributed by atoms with Crippen molar-refractivity contribution in [2.24, 2.45) is 0 Å². The Morgan fingerprint density at radius 1 is 1.50 bits per heavy atom. The minimum Gasteiger partial charge on any atom is -0.473 e. The first-order chi connectivity index (χ1) is 6.79. The lowest BCUT2D eigenvalue weighted by Crippen LogP contribution is -1.84. The van der Waals surface area contributed by atoms with Gasteiger partial charge in [0.1, 0.15) is 10.3 Å². The summed E-state index contributed by atoms with van der Waals surface area (Å²) >= 11 is 6.49. The molecular weight excluding hydrogens is 216 g/mol. The zero-order chi connectivity index (χ0) is 9.97. The lowest BCUT2D eigenvalue weighted by molar-refractivity contribution is 0.412. The van der Waals surface area contributed by atoms with Gasteiger partial charge < -0.3 is 9.72 Å². The van der Waals surface area contributed by atoms with Crippen LogP contribution in [0.1, 0.15) is 0 Å². The Kier molecular flexibility index (Phi) is 2.60. The summed E-state index contributed by atoms with van der Waals surface area (Å²) in [6.07, 6.45) is 0. The van der Waals surface area contributed by atoms with Crippen LogP contribution in [0.15, 0.2) is 23.6 Å². The number of hydrogen-bond donors (Lipinski definition) is 1. The molecule has 1 N–H and O–H groups in total.